The Balaban J connectivity index is 1.94. The first kappa shape index (κ1) is 17.6. The van der Waals surface area contributed by atoms with Crippen LogP contribution in [0.15, 0.2) is 63.1 Å². The van der Waals surface area contributed by atoms with Gasteiger partial charge in [-0.3, -0.25) is 4.79 Å². The third-order valence-electron chi connectivity index (χ3n) is 3.39. The minimum Gasteiger partial charge on any atom is -0.321 e. The van der Waals surface area contributed by atoms with Crippen LogP contribution in [0, 0.1) is 6.92 Å². The van der Waals surface area contributed by atoms with Crippen LogP contribution in [0.1, 0.15) is 16.1 Å². The molecule has 0 atom stereocenters. The maximum absolute atomic E-state index is 12.8. The van der Waals surface area contributed by atoms with Gasteiger partial charge in [-0.15, -0.1) is 11.3 Å². The van der Waals surface area contributed by atoms with Crippen molar-refractivity contribution >= 4 is 44.4 Å². The highest BCUT2D eigenvalue weighted by Gasteiger charge is 2.27. The molecule has 0 unspecified atom stereocenters. The molecule has 0 saturated heterocycles. The van der Waals surface area contributed by atoms with Gasteiger partial charge in [0, 0.05) is 10.7 Å². The molecule has 8 heteroatoms. The summed E-state index contributed by atoms with van der Waals surface area (Å²) in [6, 6.07) is 13.0. The Morgan fingerprint density at radius 3 is 2.56 bits per heavy atom. The molecule has 0 aliphatic heterocycles. The van der Waals surface area contributed by atoms with Crippen molar-refractivity contribution in [2.24, 2.45) is 0 Å². The Hall–Kier alpha value is -2.22. The number of thiazole rings is 1. The molecule has 0 spiro atoms. The number of aryl methyl sites for hydroxylation is 1. The molecule has 1 heterocycles. The second-order valence-corrected chi connectivity index (χ2v) is 8.71. The van der Waals surface area contributed by atoms with Gasteiger partial charge in [0.05, 0.1) is 10.4 Å². The molecule has 0 fully saturated rings. The number of nitrogens with zero attached hydrogens (tertiary/aromatic N) is 1. The number of nitrogens with one attached hydrogen (secondary N) is 1. The number of hydrogen-bond donors (Lipinski definition) is 1. The zero-order valence-electron chi connectivity index (χ0n) is 13.1. The number of anilines is 1. The monoisotopic (exact) mass is 392 g/mol. The molecule has 0 aliphatic rings. The van der Waals surface area contributed by atoms with Crippen molar-refractivity contribution in [2.45, 2.75) is 16.0 Å². The topological polar surface area (TPSA) is 76.1 Å². The normalized spacial score (nSPS) is 11.3. The molecular weight excluding hydrogens is 380 g/mol. The summed E-state index contributed by atoms with van der Waals surface area (Å²) in [5.41, 5.74) is 2.77. The smallest absolute Gasteiger partial charge is 0.276 e. The molecule has 1 amide bonds. The molecule has 0 radical (unpaired) electrons. The van der Waals surface area contributed by atoms with Crippen molar-refractivity contribution in [2.75, 3.05) is 5.32 Å². The van der Waals surface area contributed by atoms with E-state index in [1.165, 1.54) is 29.8 Å². The Bertz CT molecular complexity index is 1030. The third kappa shape index (κ3) is 3.73. The van der Waals surface area contributed by atoms with Crippen molar-refractivity contribution in [1.82, 2.24) is 4.98 Å². The van der Waals surface area contributed by atoms with Crippen LogP contribution in [0.4, 0.5) is 5.69 Å². The lowest BCUT2D eigenvalue weighted by atomic mass is 10.2. The summed E-state index contributed by atoms with van der Waals surface area (Å²) >= 11 is 6.71. The second kappa shape index (κ2) is 6.95. The van der Waals surface area contributed by atoms with E-state index in [1.807, 2.05) is 13.0 Å². The first-order valence-corrected chi connectivity index (χ1v) is 9.94. The van der Waals surface area contributed by atoms with E-state index in [2.05, 4.69) is 10.3 Å². The van der Waals surface area contributed by atoms with E-state index in [4.69, 9.17) is 11.6 Å². The van der Waals surface area contributed by atoms with Gasteiger partial charge in [0.25, 0.3) is 5.91 Å². The lowest BCUT2D eigenvalue weighted by Gasteiger charge is -2.07. The van der Waals surface area contributed by atoms with Gasteiger partial charge in [-0.25, -0.2) is 13.4 Å². The van der Waals surface area contributed by atoms with Crippen LogP contribution in [-0.4, -0.2) is 19.3 Å². The Morgan fingerprint density at radius 2 is 1.88 bits per heavy atom. The molecule has 1 aromatic heterocycles. The number of amides is 1. The molecule has 0 saturated carbocycles. The molecule has 3 aromatic rings. The zero-order chi connectivity index (χ0) is 18.0. The largest absolute Gasteiger partial charge is 0.321 e. The number of carbonyl (C=O) groups is 1. The Morgan fingerprint density at radius 1 is 1.16 bits per heavy atom. The SMILES string of the molecule is Cc1cccc(NC(=O)c2ncsc2S(=O)(=O)c2ccc(Cl)cc2)c1. The van der Waals surface area contributed by atoms with Gasteiger partial charge in [0.2, 0.25) is 9.84 Å². The number of carbonyl (C=O) groups excluding carboxylic acids is 1. The fourth-order valence-corrected chi connectivity index (χ4v) is 4.88. The lowest BCUT2D eigenvalue weighted by Crippen LogP contribution is -2.16. The van der Waals surface area contributed by atoms with Crippen molar-refractivity contribution in [3.8, 4) is 0 Å². The van der Waals surface area contributed by atoms with Crippen molar-refractivity contribution in [3.63, 3.8) is 0 Å². The summed E-state index contributed by atoms with van der Waals surface area (Å²) in [6.45, 7) is 1.90. The molecule has 0 bridgehead atoms. The molecule has 3 rings (SSSR count). The average Bonchev–Trinajstić information content (AvgIpc) is 3.06. The Kier molecular flexibility index (Phi) is 4.89. The minimum atomic E-state index is -3.85. The van der Waals surface area contributed by atoms with E-state index >= 15 is 0 Å². The predicted molar refractivity (Wildman–Crippen MR) is 98.2 cm³/mol. The Labute approximate surface area is 154 Å². The van der Waals surface area contributed by atoms with Crippen LogP contribution in [0.2, 0.25) is 5.02 Å². The van der Waals surface area contributed by atoms with Gasteiger partial charge in [-0.1, -0.05) is 23.7 Å². The first-order chi connectivity index (χ1) is 11.9. The van der Waals surface area contributed by atoms with Gasteiger partial charge in [0.15, 0.2) is 9.90 Å². The molecule has 0 aliphatic carbocycles. The highest BCUT2D eigenvalue weighted by molar-refractivity contribution is 7.93. The summed E-state index contributed by atoms with van der Waals surface area (Å²) in [5, 5.41) is 3.11. The van der Waals surface area contributed by atoms with Crippen LogP contribution in [0.5, 0.6) is 0 Å². The van der Waals surface area contributed by atoms with E-state index in [0.29, 0.717) is 10.7 Å². The summed E-state index contributed by atoms with van der Waals surface area (Å²) in [7, 11) is -3.85. The maximum Gasteiger partial charge on any atom is 0.276 e. The summed E-state index contributed by atoms with van der Waals surface area (Å²) in [6.07, 6.45) is 0. The second-order valence-electron chi connectivity index (χ2n) is 5.27. The van der Waals surface area contributed by atoms with Gasteiger partial charge in [0.1, 0.15) is 0 Å². The van der Waals surface area contributed by atoms with Crippen molar-refractivity contribution in [3.05, 3.63) is 70.3 Å². The number of aromatic nitrogens is 1. The van der Waals surface area contributed by atoms with Crippen LogP contribution in [0.25, 0.3) is 0 Å². The van der Waals surface area contributed by atoms with E-state index in [-0.39, 0.29) is 14.8 Å². The highest BCUT2D eigenvalue weighted by atomic mass is 35.5. The van der Waals surface area contributed by atoms with Crippen LogP contribution in [-0.2, 0) is 9.84 Å². The van der Waals surface area contributed by atoms with Crippen molar-refractivity contribution in [1.29, 1.82) is 0 Å². The fraction of sp³-hybridized carbons (Fsp3) is 0.0588. The van der Waals surface area contributed by atoms with E-state index in [9.17, 15) is 13.2 Å². The van der Waals surface area contributed by atoms with Gasteiger partial charge < -0.3 is 5.32 Å². The standard InChI is InChI=1S/C17H13ClN2O3S2/c1-11-3-2-4-13(9-11)20-16(21)15-17(24-10-19-15)25(22,23)14-7-5-12(18)6-8-14/h2-10H,1H3,(H,20,21). The summed E-state index contributed by atoms with van der Waals surface area (Å²) in [5.74, 6) is -0.570. The number of sulfone groups is 1. The van der Waals surface area contributed by atoms with Crippen molar-refractivity contribution < 1.29 is 13.2 Å². The van der Waals surface area contributed by atoms with E-state index in [0.717, 1.165) is 16.9 Å². The number of halogens is 1. The highest BCUT2D eigenvalue weighted by Crippen LogP contribution is 2.28. The van der Waals surface area contributed by atoms with Gasteiger partial charge in [-0.05, 0) is 48.9 Å². The van der Waals surface area contributed by atoms with Crippen LogP contribution in [0.3, 0.4) is 0 Å². The average molecular weight is 393 g/mol. The zero-order valence-corrected chi connectivity index (χ0v) is 15.5. The third-order valence-corrected chi connectivity index (χ3v) is 6.79. The number of rotatable bonds is 4. The molecule has 5 nitrogen and oxygen atoms in total. The molecular formula is C17H13ClN2O3S2. The van der Waals surface area contributed by atoms with Gasteiger partial charge >= 0.3 is 0 Å². The quantitative estimate of drug-likeness (QED) is 0.722. The minimum absolute atomic E-state index is 0.0609. The van der Waals surface area contributed by atoms with Gasteiger partial charge in [-0.2, -0.15) is 0 Å². The van der Waals surface area contributed by atoms with E-state index < -0.39 is 15.7 Å². The molecule has 25 heavy (non-hydrogen) atoms. The van der Waals surface area contributed by atoms with Crippen LogP contribution >= 0.6 is 22.9 Å². The summed E-state index contributed by atoms with van der Waals surface area (Å²) in [4.78, 5) is 16.5. The lowest BCUT2D eigenvalue weighted by molar-refractivity contribution is 0.102. The number of benzene rings is 2. The summed E-state index contributed by atoms with van der Waals surface area (Å²) < 4.78 is 25.5. The maximum atomic E-state index is 12.8. The molecule has 2 aromatic carbocycles. The van der Waals surface area contributed by atoms with E-state index in [1.54, 1.807) is 18.2 Å². The predicted octanol–water partition coefficient (Wildman–Crippen LogP) is 4.19. The number of hydrogen-bond acceptors (Lipinski definition) is 5. The first-order valence-electron chi connectivity index (χ1n) is 7.20. The van der Waals surface area contributed by atoms with Crippen LogP contribution < -0.4 is 5.32 Å². The fourth-order valence-electron chi connectivity index (χ4n) is 2.21. The molecule has 1 N–H and O–H groups in total. The molecule has 128 valence electrons.